The fraction of sp³-hybridized carbons (Fsp3) is 0.261. The lowest BCUT2D eigenvalue weighted by Crippen LogP contribution is -2.24. The normalized spacial score (nSPS) is 14.9. The third kappa shape index (κ3) is 3.72. The predicted molar refractivity (Wildman–Crippen MR) is 110 cm³/mol. The van der Waals surface area contributed by atoms with Crippen LogP contribution in [-0.2, 0) is 6.42 Å². The van der Waals surface area contributed by atoms with Gasteiger partial charge in [0.05, 0.1) is 17.7 Å². The molecular weight excluding hydrogens is 382 g/mol. The number of ether oxygens (including phenoxy) is 1. The Morgan fingerprint density at radius 1 is 1.37 bits per heavy atom. The Hall–Kier alpha value is -3.79. The van der Waals surface area contributed by atoms with E-state index in [1.807, 2.05) is 38.1 Å². The predicted octanol–water partition coefficient (Wildman–Crippen LogP) is 4.92. The van der Waals surface area contributed by atoms with Gasteiger partial charge in [0.15, 0.2) is 0 Å². The summed E-state index contributed by atoms with van der Waals surface area (Å²) in [5.74, 6) is 0.939. The zero-order valence-corrected chi connectivity index (χ0v) is 16.7. The zero-order chi connectivity index (χ0) is 21.3. The number of amides is 1. The molecule has 0 radical (unpaired) electrons. The Kier molecular flexibility index (Phi) is 5.15. The summed E-state index contributed by atoms with van der Waals surface area (Å²) in [5.41, 5.74) is 4.77. The van der Waals surface area contributed by atoms with Crippen LogP contribution in [0.4, 0.5) is 4.79 Å². The monoisotopic (exact) mass is 403 g/mol. The number of hydrogen-bond acceptors (Lipinski definition) is 5. The highest BCUT2D eigenvalue weighted by atomic mass is 16.5. The number of carbonyl (C=O) groups is 1. The van der Waals surface area contributed by atoms with Crippen molar-refractivity contribution in [2.75, 3.05) is 0 Å². The summed E-state index contributed by atoms with van der Waals surface area (Å²) >= 11 is 0. The first-order valence-electron chi connectivity index (χ1n) is 9.74. The summed E-state index contributed by atoms with van der Waals surface area (Å²) in [6.45, 7) is 3.81. The topological polar surface area (TPSA) is 108 Å². The molecule has 0 aliphatic heterocycles. The van der Waals surface area contributed by atoms with E-state index < -0.39 is 6.09 Å². The molecule has 1 unspecified atom stereocenters. The van der Waals surface area contributed by atoms with Gasteiger partial charge in [-0.05, 0) is 56.0 Å². The van der Waals surface area contributed by atoms with E-state index in [4.69, 9.17) is 14.3 Å². The first-order valence-corrected chi connectivity index (χ1v) is 9.74. The molecule has 1 atom stereocenters. The van der Waals surface area contributed by atoms with E-state index >= 15 is 0 Å². The largest absolute Gasteiger partial charge is 0.490 e. The highest BCUT2D eigenvalue weighted by Crippen LogP contribution is 2.38. The van der Waals surface area contributed by atoms with Gasteiger partial charge in [0.2, 0.25) is 5.89 Å². The molecule has 0 fully saturated rings. The molecule has 1 aromatic heterocycles. The van der Waals surface area contributed by atoms with Crippen molar-refractivity contribution in [2.45, 2.75) is 38.8 Å². The molecule has 7 heteroatoms. The molecule has 0 saturated carbocycles. The van der Waals surface area contributed by atoms with Crippen LogP contribution in [0.25, 0.3) is 22.7 Å². The summed E-state index contributed by atoms with van der Waals surface area (Å²) in [4.78, 5) is 15.7. The fourth-order valence-corrected chi connectivity index (χ4v) is 3.83. The van der Waals surface area contributed by atoms with Crippen LogP contribution in [0.1, 0.15) is 43.0 Å². The van der Waals surface area contributed by atoms with Gasteiger partial charge in [-0.3, -0.25) is 0 Å². The first-order chi connectivity index (χ1) is 14.5. The minimum Gasteiger partial charge on any atom is -0.490 e. The van der Waals surface area contributed by atoms with E-state index in [9.17, 15) is 10.1 Å². The molecule has 0 bridgehead atoms. The quantitative estimate of drug-likeness (QED) is 0.626. The minimum absolute atomic E-state index is 0.0316. The average molecular weight is 403 g/mol. The molecule has 1 amide bonds. The lowest BCUT2D eigenvalue weighted by molar-refractivity contribution is 0.190. The molecule has 30 heavy (non-hydrogen) atoms. The fourth-order valence-electron chi connectivity index (χ4n) is 3.83. The number of aromatic nitrogens is 1. The van der Waals surface area contributed by atoms with Crippen molar-refractivity contribution in [1.29, 1.82) is 5.26 Å². The van der Waals surface area contributed by atoms with E-state index in [2.05, 4.69) is 16.4 Å². The third-order valence-corrected chi connectivity index (χ3v) is 5.06. The molecular formula is C23H21N3O4. The number of fused-ring (bicyclic) bond motifs is 1. The second kappa shape index (κ2) is 7.91. The molecule has 7 nitrogen and oxygen atoms in total. The van der Waals surface area contributed by atoms with Crippen molar-refractivity contribution >= 4 is 6.09 Å². The number of nitrogens with one attached hydrogen (secondary N) is 1. The van der Waals surface area contributed by atoms with Gasteiger partial charge >= 0.3 is 6.09 Å². The van der Waals surface area contributed by atoms with Crippen LogP contribution < -0.4 is 10.1 Å². The lowest BCUT2D eigenvalue weighted by atomic mass is 10.0. The number of nitriles is 1. The Morgan fingerprint density at radius 3 is 2.93 bits per heavy atom. The van der Waals surface area contributed by atoms with Crippen LogP contribution in [0.5, 0.6) is 5.75 Å². The summed E-state index contributed by atoms with van der Waals surface area (Å²) in [6, 6.07) is 13.0. The first kappa shape index (κ1) is 19.5. The van der Waals surface area contributed by atoms with Crippen LogP contribution in [0.3, 0.4) is 0 Å². The maximum Gasteiger partial charge on any atom is 0.405 e. The number of carboxylic acid groups (broad SMARTS) is 1. The van der Waals surface area contributed by atoms with Crippen LogP contribution >= 0.6 is 0 Å². The molecule has 4 rings (SSSR count). The number of benzene rings is 2. The second-order valence-corrected chi connectivity index (χ2v) is 7.44. The van der Waals surface area contributed by atoms with Crippen molar-refractivity contribution in [3.05, 3.63) is 59.4 Å². The van der Waals surface area contributed by atoms with Crippen LogP contribution in [0, 0.1) is 11.3 Å². The highest BCUT2D eigenvalue weighted by Gasteiger charge is 2.27. The molecule has 1 aliphatic rings. The zero-order valence-electron chi connectivity index (χ0n) is 16.7. The molecule has 2 aromatic carbocycles. The average Bonchev–Trinajstić information content (AvgIpc) is 3.35. The van der Waals surface area contributed by atoms with Crippen LogP contribution in [-0.4, -0.2) is 22.3 Å². The van der Waals surface area contributed by atoms with Crippen LogP contribution in [0.15, 0.2) is 47.1 Å². The summed E-state index contributed by atoms with van der Waals surface area (Å²) in [7, 11) is 0. The molecule has 2 N–H and O–H groups in total. The third-order valence-electron chi connectivity index (χ3n) is 5.06. The van der Waals surface area contributed by atoms with Crippen molar-refractivity contribution < 1.29 is 19.1 Å². The summed E-state index contributed by atoms with van der Waals surface area (Å²) in [5, 5.41) is 21.1. The Balaban J connectivity index is 1.66. The van der Waals surface area contributed by atoms with Gasteiger partial charge in [0, 0.05) is 11.1 Å². The van der Waals surface area contributed by atoms with Gasteiger partial charge in [-0.15, -0.1) is 0 Å². The maximum absolute atomic E-state index is 11.0. The van der Waals surface area contributed by atoms with E-state index in [-0.39, 0.29) is 12.1 Å². The Morgan fingerprint density at radius 2 is 2.20 bits per heavy atom. The van der Waals surface area contributed by atoms with Crippen molar-refractivity contribution in [3.63, 3.8) is 0 Å². The standard InChI is InChI=1S/C23H21N3O4/c1-13(2)30-21-9-6-14(10-15(21)11-24)22-25-20(12-29-22)18-5-3-4-17-16(18)7-8-19(17)26-23(27)28/h3-6,9-10,12-13,19,26H,7-8H2,1-2H3,(H,27,28). The van der Waals surface area contributed by atoms with Crippen LogP contribution in [0.2, 0.25) is 0 Å². The van der Waals surface area contributed by atoms with Crippen molar-refractivity contribution in [3.8, 4) is 34.5 Å². The molecule has 3 aromatic rings. The van der Waals surface area contributed by atoms with Gasteiger partial charge in [-0.1, -0.05) is 18.2 Å². The van der Waals surface area contributed by atoms with E-state index in [1.165, 1.54) is 0 Å². The Labute approximate surface area is 173 Å². The maximum atomic E-state index is 11.0. The Bertz CT molecular complexity index is 1140. The minimum atomic E-state index is -1.03. The highest BCUT2D eigenvalue weighted by molar-refractivity contribution is 5.71. The van der Waals surface area contributed by atoms with Gasteiger partial charge < -0.3 is 19.6 Å². The summed E-state index contributed by atoms with van der Waals surface area (Å²) in [6.07, 6.45) is 2.01. The molecule has 0 spiro atoms. The van der Waals surface area contributed by atoms with Gasteiger partial charge in [0.1, 0.15) is 23.8 Å². The van der Waals surface area contributed by atoms with Gasteiger partial charge in [0.25, 0.3) is 0 Å². The smallest absolute Gasteiger partial charge is 0.405 e. The molecule has 0 saturated heterocycles. The molecule has 152 valence electrons. The van der Waals surface area contributed by atoms with E-state index in [1.54, 1.807) is 18.4 Å². The van der Waals surface area contributed by atoms with Gasteiger partial charge in [-0.2, -0.15) is 5.26 Å². The number of hydrogen-bond donors (Lipinski definition) is 2. The number of rotatable bonds is 5. The van der Waals surface area contributed by atoms with Gasteiger partial charge in [-0.25, -0.2) is 9.78 Å². The number of nitrogens with zero attached hydrogens (tertiary/aromatic N) is 2. The summed E-state index contributed by atoms with van der Waals surface area (Å²) < 4.78 is 11.4. The van der Waals surface area contributed by atoms with Crippen molar-refractivity contribution in [2.24, 2.45) is 0 Å². The number of oxazole rings is 1. The SMILES string of the molecule is CC(C)Oc1ccc(-c2nc(-c3cccc4c3CCC4NC(=O)O)co2)cc1C#N. The second-order valence-electron chi connectivity index (χ2n) is 7.44. The molecule has 1 heterocycles. The van der Waals surface area contributed by atoms with Crippen molar-refractivity contribution in [1.82, 2.24) is 10.3 Å². The molecule has 1 aliphatic carbocycles. The van der Waals surface area contributed by atoms with E-state index in [0.29, 0.717) is 34.9 Å². The van der Waals surface area contributed by atoms with E-state index in [0.717, 1.165) is 23.1 Å². The lowest BCUT2D eigenvalue weighted by Gasteiger charge is -2.12.